The average molecular weight is 373 g/mol. The molecular formula is C22H44O2S. The number of thioether (sulfide) groups is 1. The average Bonchev–Trinajstić information content (AvgIpc) is 2.60. The van der Waals surface area contributed by atoms with Crippen LogP contribution in [0.1, 0.15) is 122 Å². The van der Waals surface area contributed by atoms with E-state index in [0.717, 1.165) is 12.8 Å². The molecule has 2 nitrogen and oxygen atoms in total. The third-order valence-corrected chi connectivity index (χ3v) is 5.98. The van der Waals surface area contributed by atoms with Gasteiger partial charge >= 0.3 is 5.97 Å². The van der Waals surface area contributed by atoms with E-state index < -0.39 is 5.97 Å². The minimum atomic E-state index is -0.653. The molecule has 3 heteroatoms. The number of carbonyl (C=O) groups is 1. The summed E-state index contributed by atoms with van der Waals surface area (Å²) in [6.07, 6.45) is 23.1. The Balaban J connectivity index is 2.97. The van der Waals surface area contributed by atoms with Crippen LogP contribution in [0.15, 0.2) is 0 Å². The van der Waals surface area contributed by atoms with Crippen molar-refractivity contribution in [3.8, 4) is 0 Å². The lowest BCUT2D eigenvalue weighted by Crippen LogP contribution is -1.93. The van der Waals surface area contributed by atoms with Gasteiger partial charge < -0.3 is 5.11 Å². The van der Waals surface area contributed by atoms with Crippen molar-refractivity contribution in [2.45, 2.75) is 122 Å². The standard InChI is InChI=1S/C22H44O2S/c1-2-3-4-5-6-7-8-11-14-17-20-25-21-18-15-12-9-10-13-16-19-22(23)24/h2-21H2,1H3,(H,23,24). The molecule has 0 aliphatic carbocycles. The Morgan fingerprint density at radius 2 is 0.960 bits per heavy atom. The minimum absolute atomic E-state index is 0.343. The number of aliphatic carboxylic acids is 1. The molecule has 0 aromatic heterocycles. The first-order valence-electron chi connectivity index (χ1n) is 11.1. The molecule has 0 saturated heterocycles. The number of carboxylic acid groups (broad SMARTS) is 1. The molecule has 150 valence electrons. The van der Waals surface area contributed by atoms with Crippen LogP contribution in [0, 0.1) is 0 Å². The molecule has 0 aromatic rings. The van der Waals surface area contributed by atoms with Crippen molar-refractivity contribution in [1.29, 1.82) is 0 Å². The van der Waals surface area contributed by atoms with Crippen LogP contribution < -0.4 is 0 Å². The van der Waals surface area contributed by atoms with Gasteiger partial charge in [0.05, 0.1) is 0 Å². The first-order valence-corrected chi connectivity index (χ1v) is 12.2. The van der Waals surface area contributed by atoms with E-state index in [-0.39, 0.29) is 0 Å². The predicted octanol–water partition coefficient (Wildman–Crippen LogP) is 7.85. The maximum absolute atomic E-state index is 10.4. The molecule has 0 aliphatic rings. The summed E-state index contributed by atoms with van der Waals surface area (Å²) < 4.78 is 0. The highest BCUT2D eigenvalue weighted by Crippen LogP contribution is 2.14. The topological polar surface area (TPSA) is 37.3 Å². The van der Waals surface area contributed by atoms with Gasteiger partial charge in [0, 0.05) is 6.42 Å². The van der Waals surface area contributed by atoms with Gasteiger partial charge in [0.15, 0.2) is 0 Å². The van der Waals surface area contributed by atoms with E-state index >= 15 is 0 Å². The molecule has 0 aliphatic heterocycles. The SMILES string of the molecule is CCCCCCCCCCCCSCCCCCCCCCC(=O)O. The van der Waals surface area contributed by atoms with E-state index in [4.69, 9.17) is 5.11 Å². The largest absolute Gasteiger partial charge is 0.481 e. The molecule has 0 radical (unpaired) electrons. The number of unbranched alkanes of at least 4 members (excludes halogenated alkanes) is 15. The zero-order valence-corrected chi connectivity index (χ0v) is 17.7. The number of carboxylic acids is 1. The van der Waals surface area contributed by atoms with Gasteiger partial charge in [0.1, 0.15) is 0 Å². The fourth-order valence-electron chi connectivity index (χ4n) is 3.16. The lowest BCUT2D eigenvalue weighted by molar-refractivity contribution is -0.137. The van der Waals surface area contributed by atoms with E-state index in [1.54, 1.807) is 0 Å². The van der Waals surface area contributed by atoms with Crippen molar-refractivity contribution in [2.75, 3.05) is 11.5 Å². The van der Waals surface area contributed by atoms with Crippen molar-refractivity contribution < 1.29 is 9.90 Å². The molecule has 0 spiro atoms. The molecule has 0 aromatic carbocycles. The van der Waals surface area contributed by atoms with Crippen LogP contribution in [0.2, 0.25) is 0 Å². The number of hydrogen-bond donors (Lipinski definition) is 1. The van der Waals surface area contributed by atoms with E-state index in [9.17, 15) is 4.79 Å². The van der Waals surface area contributed by atoms with Crippen molar-refractivity contribution in [3.63, 3.8) is 0 Å². The molecule has 0 bridgehead atoms. The van der Waals surface area contributed by atoms with Gasteiger partial charge in [0.25, 0.3) is 0 Å². The summed E-state index contributed by atoms with van der Waals surface area (Å²) in [6.45, 7) is 2.28. The van der Waals surface area contributed by atoms with E-state index in [0.29, 0.717) is 6.42 Å². The summed E-state index contributed by atoms with van der Waals surface area (Å²) in [4.78, 5) is 10.4. The second-order valence-electron chi connectivity index (χ2n) is 7.41. The van der Waals surface area contributed by atoms with Gasteiger partial charge in [-0.3, -0.25) is 4.79 Å². The molecule has 0 atom stereocenters. The fraction of sp³-hybridized carbons (Fsp3) is 0.955. The van der Waals surface area contributed by atoms with Crippen LogP contribution >= 0.6 is 11.8 Å². The normalized spacial score (nSPS) is 11.1. The summed E-state index contributed by atoms with van der Waals surface area (Å²) in [5.74, 6) is 2.03. The highest BCUT2D eigenvalue weighted by Gasteiger charge is 1.97. The number of hydrogen-bond acceptors (Lipinski definition) is 2. The van der Waals surface area contributed by atoms with Gasteiger partial charge in [0.2, 0.25) is 0 Å². The van der Waals surface area contributed by atoms with Crippen LogP contribution in [0.4, 0.5) is 0 Å². The summed E-state index contributed by atoms with van der Waals surface area (Å²) in [7, 11) is 0. The Kier molecular flexibility index (Phi) is 21.7. The van der Waals surface area contributed by atoms with Crippen LogP contribution in [-0.4, -0.2) is 22.6 Å². The van der Waals surface area contributed by atoms with E-state index in [1.807, 2.05) is 0 Å². The molecule has 0 saturated carbocycles. The van der Waals surface area contributed by atoms with Gasteiger partial charge in [-0.2, -0.15) is 11.8 Å². The maximum Gasteiger partial charge on any atom is 0.303 e. The molecule has 0 amide bonds. The first kappa shape index (κ1) is 24.8. The second-order valence-corrected chi connectivity index (χ2v) is 8.64. The fourth-order valence-corrected chi connectivity index (χ4v) is 4.18. The van der Waals surface area contributed by atoms with E-state index in [1.165, 1.54) is 108 Å². The molecule has 0 fully saturated rings. The van der Waals surface area contributed by atoms with Crippen LogP contribution in [0.5, 0.6) is 0 Å². The summed E-state index contributed by atoms with van der Waals surface area (Å²) in [6, 6.07) is 0. The van der Waals surface area contributed by atoms with Gasteiger partial charge in [-0.1, -0.05) is 96.8 Å². The molecule has 0 rings (SSSR count). The van der Waals surface area contributed by atoms with Crippen molar-refractivity contribution in [3.05, 3.63) is 0 Å². The number of rotatable bonds is 21. The second kappa shape index (κ2) is 21.9. The van der Waals surface area contributed by atoms with Crippen LogP contribution in [0.25, 0.3) is 0 Å². The minimum Gasteiger partial charge on any atom is -0.481 e. The Morgan fingerprint density at radius 1 is 0.600 bits per heavy atom. The highest BCUT2D eigenvalue weighted by atomic mass is 32.2. The molecule has 0 unspecified atom stereocenters. The molecule has 25 heavy (non-hydrogen) atoms. The van der Waals surface area contributed by atoms with Crippen molar-refractivity contribution in [2.24, 2.45) is 0 Å². The third kappa shape index (κ3) is 23.8. The maximum atomic E-state index is 10.4. The Labute approximate surface area is 161 Å². The predicted molar refractivity (Wildman–Crippen MR) is 114 cm³/mol. The highest BCUT2D eigenvalue weighted by molar-refractivity contribution is 7.99. The quantitative estimate of drug-likeness (QED) is 0.208. The smallest absolute Gasteiger partial charge is 0.303 e. The molecule has 1 N–H and O–H groups in total. The lowest BCUT2D eigenvalue weighted by Gasteiger charge is -2.04. The van der Waals surface area contributed by atoms with Gasteiger partial charge in [-0.25, -0.2) is 0 Å². The van der Waals surface area contributed by atoms with Gasteiger partial charge in [-0.05, 0) is 30.8 Å². The molecular weight excluding hydrogens is 328 g/mol. The zero-order valence-electron chi connectivity index (χ0n) is 16.9. The van der Waals surface area contributed by atoms with E-state index in [2.05, 4.69) is 18.7 Å². The Bertz CT molecular complexity index is 269. The van der Waals surface area contributed by atoms with Crippen LogP contribution in [-0.2, 0) is 4.79 Å². The Morgan fingerprint density at radius 3 is 1.36 bits per heavy atom. The summed E-state index contributed by atoms with van der Waals surface area (Å²) in [5.41, 5.74) is 0. The summed E-state index contributed by atoms with van der Waals surface area (Å²) in [5, 5.41) is 8.56. The zero-order chi connectivity index (χ0) is 18.4. The monoisotopic (exact) mass is 372 g/mol. The molecule has 0 heterocycles. The Hall–Kier alpha value is -0.180. The lowest BCUT2D eigenvalue weighted by atomic mass is 10.1. The van der Waals surface area contributed by atoms with Crippen molar-refractivity contribution in [1.82, 2.24) is 0 Å². The summed E-state index contributed by atoms with van der Waals surface area (Å²) >= 11 is 2.14. The van der Waals surface area contributed by atoms with Gasteiger partial charge in [-0.15, -0.1) is 0 Å². The first-order chi connectivity index (χ1) is 12.3. The van der Waals surface area contributed by atoms with Crippen LogP contribution in [0.3, 0.4) is 0 Å². The van der Waals surface area contributed by atoms with Crippen molar-refractivity contribution >= 4 is 17.7 Å². The third-order valence-electron chi connectivity index (χ3n) is 4.82.